The molecule has 2 atom stereocenters. The molecule has 2 unspecified atom stereocenters. The van der Waals surface area contributed by atoms with Crippen molar-refractivity contribution < 1.29 is 24.2 Å². The Kier molecular flexibility index (Phi) is 5.83. The van der Waals surface area contributed by atoms with E-state index in [0.29, 0.717) is 4.47 Å². The van der Waals surface area contributed by atoms with Crippen LogP contribution in [0.3, 0.4) is 0 Å². The average Bonchev–Trinajstić information content (AvgIpc) is 2.35. The molecular weight excluding hydrogens is 323 g/mol. The summed E-state index contributed by atoms with van der Waals surface area (Å²) in [6, 6.07) is 3.07. The number of benzene rings is 1. The Labute approximate surface area is 117 Å². The third-order valence-electron chi connectivity index (χ3n) is 2.59. The lowest BCUT2D eigenvalue weighted by atomic mass is 10.0. The number of halogens is 2. The number of methoxy groups -OCH3 is 1. The van der Waals surface area contributed by atoms with Gasteiger partial charge in [-0.2, -0.15) is 0 Å². The summed E-state index contributed by atoms with van der Waals surface area (Å²) in [6.07, 6.45) is -1.86. The second kappa shape index (κ2) is 6.92. The summed E-state index contributed by atoms with van der Waals surface area (Å²) >= 11 is 3.11. The standard InChI is InChI=1S/C11H14BrFN2O4/c1-19-11(17)10(16)9(15(14)18)4-6-2-3-7(12)5-8(6)13/h2-3,5,9-10,16,18H,4,14H2,1H3. The molecule has 0 saturated carbocycles. The Balaban J connectivity index is 2.93. The molecule has 4 N–H and O–H groups in total. The van der Waals surface area contributed by atoms with E-state index in [4.69, 9.17) is 5.84 Å². The Morgan fingerprint density at radius 3 is 2.74 bits per heavy atom. The van der Waals surface area contributed by atoms with Crippen LogP contribution in [-0.4, -0.2) is 40.7 Å². The molecule has 0 fully saturated rings. The van der Waals surface area contributed by atoms with Gasteiger partial charge in [-0.25, -0.2) is 15.0 Å². The lowest BCUT2D eigenvalue weighted by molar-refractivity contribution is -0.180. The number of carbonyl (C=O) groups is 1. The summed E-state index contributed by atoms with van der Waals surface area (Å²) < 4.78 is 18.5. The predicted octanol–water partition coefficient (Wildman–Crippen LogP) is 0.598. The first-order valence-electron chi connectivity index (χ1n) is 5.29. The Hall–Kier alpha value is -1.06. The Morgan fingerprint density at radius 2 is 2.26 bits per heavy atom. The van der Waals surface area contributed by atoms with E-state index in [0.717, 1.165) is 7.11 Å². The quantitative estimate of drug-likeness (QED) is 0.414. The fourth-order valence-electron chi connectivity index (χ4n) is 1.54. The molecule has 0 aliphatic heterocycles. The summed E-state index contributed by atoms with van der Waals surface area (Å²) in [7, 11) is 1.08. The van der Waals surface area contributed by atoms with E-state index >= 15 is 0 Å². The molecule has 1 aromatic rings. The van der Waals surface area contributed by atoms with Crippen LogP contribution in [0.15, 0.2) is 22.7 Å². The molecular formula is C11H14BrFN2O4. The maximum absolute atomic E-state index is 13.7. The maximum Gasteiger partial charge on any atom is 0.336 e. The van der Waals surface area contributed by atoms with Crippen molar-refractivity contribution in [1.82, 2.24) is 5.17 Å². The highest BCUT2D eigenvalue weighted by Crippen LogP contribution is 2.18. The molecule has 106 valence electrons. The number of hydrogen-bond acceptors (Lipinski definition) is 6. The van der Waals surface area contributed by atoms with Crippen molar-refractivity contribution in [3.05, 3.63) is 34.1 Å². The van der Waals surface area contributed by atoms with Gasteiger partial charge in [-0.1, -0.05) is 22.0 Å². The first kappa shape index (κ1) is 16.0. The second-order valence-corrected chi connectivity index (χ2v) is 4.77. The zero-order valence-electron chi connectivity index (χ0n) is 10.1. The fourth-order valence-corrected chi connectivity index (χ4v) is 1.87. The van der Waals surface area contributed by atoms with Crippen LogP contribution in [0.5, 0.6) is 0 Å². The molecule has 0 heterocycles. The first-order valence-corrected chi connectivity index (χ1v) is 6.08. The molecule has 0 radical (unpaired) electrons. The smallest absolute Gasteiger partial charge is 0.336 e. The van der Waals surface area contributed by atoms with Crippen LogP contribution in [0.1, 0.15) is 5.56 Å². The van der Waals surface area contributed by atoms with E-state index in [9.17, 15) is 19.5 Å². The van der Waals surface area contributed by atoms with E-state index in [1.165, 1.54) is 12.1 Å². The zero-order chi connectivity index (χ0) is 14.6. The van der Waals surface area contributed by atoms with Gasteiger partial charge in [0.15, 0.2) is 6.10 Å². The van der Waals surface area contributed by atoms with Crippen LogP contribution in [0.25, 0.3) is 0 Å². The number of aliphatic hydroxyl groups excluding tert-OH is 1. The van der Waals surface area contributed by atoms with Crippen LogP contribution >= 0.6 is 15.9 Å². The minimum Gasteiger partial charge on any atom is -0.467 e. The van der Waals surface area contributed by atoms with Crippen LogP contribution in [0.2, 0.25) is 0 Å². The number of rotatable bonds is 5. The van der Waals surface area contributed by atoms with Gasteiger partial charge in [0.25, 0.3) is 0 Å². The van der Waals surface area contributed by atoms with Gasteiger partial charge >= 0.3 is 5.97 Å². The fraction of sp³-hybridized carbons (Fsp3) is 0.364. The molecule has 1 aromatic carbocycles. The zero-order valence-corrected chi connectivity index (χ0v) is 11.7. The molecule has 0 aliphatic rings. The first-order chi connectivity index (χ1) is 8.86. The number of esters is 1. The van der Waals surface area contributed by atoms with Gasteiger partial charge in [0.05, 0.1) is 13.2 Å². The summed E-state index contributed by atoms with van der Waals surface area (Å²) in [6.45, 7) is 0. The number of hydroxylamine groups is 1. The monoisotopic (exact) mass is 336 g/mol. The van der Waals surface area contributed by atoms with E-state index in [1.54, 1.807) is 6.07 Å². The molecule has 6 nitrogen and oxygen atoms in total. The van der Waals surface area contributed by atoms with Gasteiger partial charge in [-0.05, 0) is 24.1 Å². The summed E-state index contributed by atoms with van der Waals surface area (Å²) in [5, 5.41) is 19.1. The van der Waals surface area contributed by atoms with Gasteiger partial charge in [0.1, 0.15) is 5.82 Å². The SMILES string of the molecule is COC(=O)C(O)C(Cc1ccc(Br)cc1F)N(N)O. The molecule has 0 saturated heterocycles. The normalized spacial score (nSPS) is 14.3. The van der Waals surface area contributed by atoms with Gasteiger partial charge in [0.2, 0.25) is 0 Å². The molecule has 0 amide bonds. The van der Waals surface area contributed by atoms with Crippen molar-refractivity contribution in [2.24, 2.45) is 5.84 Å². The van der Waals surface area contributed by atoms with Gasteiger partial charge in [0, 0.05) is 4.47 Å². The van der Waals surface area contributed by atoms with Gasteiger partial charge in [-0.3, -0.25) is 5.21 Å². The number of carbonyl (C=O) groups excluding carboxylic acids is 1. The van der Waals surface area contributed by atoms with Crippen LogP contribution < -0.4 is 5.84 Å². The number of hydrazine groups is 1. The van der Waals surface area contributed by atoms with Crippen molar-refractivity contribution in [2.75, 3.05) is 7.11 Å². The van der Waals surface area contributed by atoms with E-state index in [1.807, 2.05) is 0 Å². The molecule has 0 aliphatic carbocycles. The summed E-state index contributed by atoms with van der Waals surface area (Å²) in [5.74, 6) is 3.64. The lowest BCUT2D eigenvalue weighted by Gasteiger charge is -2.25. The van der Waals surface area contributed by atoms with Crippen LogP contribution in [0, 0.1) is 5.82 Å². The van der Waals surface area contributed by atoms with Gasteiger partial charge in [-0.15, -0.1) is 5.17 Å². The van der Waals surface area contributed by atoms with Crippen molar-refractivity contribution in [1.29, 1.82) is 0 Å². The van der Waals surface area contributed by atoms with Crippen molar-refractivity contribution in [3.63, 3.8) is 0 Å². The van der Waals surface area contributed by atoms with E-state index in [2.05, 4.69) is 20.7 Å². The maximum atomic E-state index is 13.7. The second-order valence-electron chi connectivity index (χ2n) is 3.86. The number of nitrogens with zero attached hydrogens (tertiary/aromatic N) is 1. The predicted molar refractivity (Wildman–Crippen MR) is 67.4 cm³/mol. The molecule has 19 heavy (non-hydrogen) atoms. The number of nitrogens with two attached hydrogens (primary N) is 1. The van der Waals surface area contributed by atoms with Crippen LogP contribution in [0.4, 0.5) is 4.39 Å². The highest BCUT2D eigenvalue weighted by molar-refractivity contribution is 9.10. The van der Waals surface area contributed by atoms with Crippen LogP contribution in [-0.2, 0) is 16.0 Å². The molecule has 8 heteroatoms. The molecule has 0 spiro atoms. The van der Waals surface area contributed by atoms with Gasteiger partial charge < -0.3 is 9.84 Å². The summed E-state index contributed by atoms with van der Waals surface area (Å²) in [5.41, 5.74) is 0.195. The molecule has 0 aromatic heterocycles. The largest absolute Gasteiger partial charge is 0.467 e. The van der Waals surface area contributed by atoms with Crippen molar-refractivity contribution >= 4 is 21.9 Å². The number of hydrogen-bond donors (Lipinski definition) is 3. The third kappa shape index (κ3) is 4.22. The Bertz CT molecular complexity index is 458. The topological polar surface area (TPSA) is 96.0 Å². The van der Waals surface area contributed by atoms with Crippen molar-refractivity contribution in [3.8, 4) is 0 Å². The average molecular weight is 337 g/mol. The summed E-state index contributed by atoms with van der Waals surface area (Å²) in [4.78, 5) is 11.2. The minimum atomic E-state index is -1.69. The molecule has 0 bridgehead atoms. The minimum absolute atomic E-state index is 0.164. The third-order valence-corrected chi connectivity index (χ3v) is 3.08. The number of ether oxygens (including phenoxy) is 1. The van der Waals surface area contributed by atoms with E-state index in [-0.39, 0.29) is 17.2 Å². The van der Waals surface area contributed by atoms with Crippen molar-refractivity contribution in [2.45, 2.75) is 18.6 Å². The number of aliphatic hydroxyl groups is 1. The Morgan fingerprint density at radius 1 is 1.63 bits per heavy atom. The highest BCUT2D eigenvalue weighted by atomic mass is 79.9. The molecule has 1 rings (SSSR count). The lowest BCUT2D eigenvalue weighted by Crippen LogP contribution is -2.50. The van der Waals surface area contributed by atoms with E-state index < -0.39 is 23.9 Å². The highest BCUT2D eigenvalue weighted by Gasteiger charge is 2.31.